The molecule has 0 spiro atoms. The van der Waals surface area contributed by atoms with Crippen molar-refractivity contribution in [2.24, 2.45) is 17.3 Å². The van der Waals surface area contributed by atoms with Crippen LogP contribution < -0.4 is 5.32 Å². The highest BCUT2D eigenvalue weighted by Gasteiger charge is 2.58. The van der Waals surface area contributed by atoms with Crippen molar-refractivity contribution in [1.29, 1.82) is 0 Å². The Labute approximate surface area is 105 Å². The zero-order valence-electron chi connectivity index (χ0n) is 11.6. The Balaban J connectivity index is 2.00. The minimum absolute atomic E-state index is 0.202. The average molecular weight is 241 g/mol. The summed E-state index contributed by atoms with van der Waals surface area (Å²) in [4.78, 5) is 0. The Kier molecular flexibility index (Phi) is 3.81. The molecule has 2 fully saturated rings. The van der Waals surface area contributed by atoms with Gasteiger partial charge in [-0.25, -0.2) is 0 Å². The third kappa shape index (κ3) is 2.25. The zero-order valence-corrected chi connectivity index (χ0v) is 11.6. The second kappa shape index (κ2) is 4.87. The molecule has 1 aliphatic carbocycles. The van der Waals surface area contributed by atoms with Crippen LogP contribution in [0.1, 0.15) is 40.5 Å². The first kappa shape index (κ1) is 13.3. The zero-order chi connectivity index (χ0) is 12.6. The van der Waals surface area contributed by atoms with Gasteiger partial charge in [-0.1, -0.05) is 27.7 Å². The molecule has 0 bridgehead atoms. The summed E-state index contributed by atoms with van der Waals surface area (Å²) >= 11 is 0. The summed E-state index contributed by atoms with van der Waals surface area (Å²) in [6.45, 7) is 10.0. The highest BCUT2D eigenvalue weighted by atomic mass is 16.5. The van der Waals surface area contributed by atoms with Crippen LogP contribution in [0, 0.1) is 17.3 Å². The number of nitrogens with one attached hydrogen (secondary N) is 1. The monoisotopic (exact) mass is 241 g/mol. The van der Waals surface area contributed by atoms with Gasteiger partial charge in [-0.3, -0.25) is 0 Å². The van der Waals surface area contributed by atoms with Crippen LogP contribution in [0.4, 0.5) is 0 Å². The topological polar surface area (TPSA) is 41.5 Å². The van der Waals surface area contributed by atoms with Crippen LogP contribution in [-0.4, -0.2) is 36.5 Å². The van der Waals surface area contributed by atoms with E-state index < -0.39 is 0 Å². The van der Waals surface area contributed by atoms with E-state index in [2.05, 4.69) is 33.0 Å². The van der Waals surface area contributed by atoms with Crippen molar-refractivity contribution >= 4 is 0 Å². The SMILES string of the molecule is CC(C)[C@@H](CO)NC1C2CCCOC2C1(C)C. The molecule has 1 saturated carbocycles. The van der Waals surface area contributed by atoms with Gasteiger partial charge in [0, 0.05) is 30.0 Å². The summed E-state index contributed by atoms with van der Waals surface area (Å²) in [5.41, 5.74) is 0.202. The quantitative estimate of drug-likeness (QED) is 0.788. The van der Waals surface area contributed by atoms with Gasteiger partial charge in [-0.05, 0) is 18.8 Å². The van der Waals surface area contributed by atoms with E-state index in [4.69, 9.17) is 4.74 Å². The van der Waals surface area contributed by atoms with Crippen LogP contribution in [0.25, 0.3) is 0 Å². The third-order valence-corrected chi connectivity index (χ3v) is 4.73. The molecular weight excluding hydrogens is 214 g/mol. The Morgan fingerprint density at radius 3 is 2.71 bits per heavy atom. The molecule has 0 aromatic rings. The highest BCUT2D eigenvalue weighted by Crippen LogP contribution is 2.51. The van der Waals surface area contributed by atoms with Crippen molar-refractivity contribution in [2.75, 3.05) is 13.2 Å². The molecule has 3 nitrogen and oxygen atoms in total. The Morgan fingerprint density at radius 1 is 1.41 bits per heavy atom. The second-order valence-corrected chi connectivity index (χ2v) is 6.60. The summed E-state index contributed by atoms with van der Waals surface area (Å²) in [7, 11) is 0. The number of rotatable bonds is 4. The van der Waals surface area contributed by atoms with Crippen molar-refractivity contribution in [2.45, 2.75) is 58.7 Å². The van der Waals surface area contributed by atoms with Gasteiger partial charge >= 0.3 is 0 Å². The Morgan fingerprint density at radius 2 is 2.12 bits per heavy atom. The van der Waals surface area contributed by atoms with E-state index in [1.807, 2.05) is 0 Å². The lowest BCUT2D eigenvalue weighted by molar-refractivity contribution is -0.195. The molecule has 2 N–H and O–H groups in total. The molecule has 2 aliphatic rings. The van der Waals surface area contributed by atoms with Crippen LogP contribution in [0.3, 0.4) is 0 Å². The fraction of sp³-hybridized carbons (Fsp3) is 1.00. The molecule has 1 heterocycles. The molecule has 1 saturated heterocycles. The van der Waals surface area contributed by atoms with Gasteiger partial charge < -0.3 is 15.2 Å². The van der Waals surface area contributed by atoms with Gasteiger partial charge in [0.2, 0.25) is 0 Å². The van der Waals surface area contributed by atoms with Crippen LogP contribution in [0.5, 0.6) is 0 Å². The minimum Gasteiger partial charge on any atom is -0.395 e. The first-order valence-electron chi connectivity index (χ1n) is 6.97. The molecule has 1 aliphatic heterocycles. The van der Waals surface area contributed by atoms with Gasteiger partial charge in [0.05, 0.1) is 12.7 Å². The summed E-state index contributed by atoms with van der Waals surface area (Å²) in [5.74, 6) is 1.12. The average Bonchev–Trinajstić information content (AvgIpc) is 2.29. The molecule has 0 radical (unpaired) electrons. The van der Waals surface area contributed by atoms with Gasteiger partial charge in [-0.2, -0.15) is 0 Å². The van der Waals surface area contributed by atoms with Crippen molar-refractivity contribution < 1.29 is 9.84 Å². The molecular formula is C14H27NO2. The normalized spacial score (nSPS) is 37.4. The first-order chi connectivity index (χ1) is 7.98. The number of aliphatic hydroxyl groups is 1. The van der Waals surface area contributed by atoms with Gasteiger partial charge in [0.15, 0.2) is 0 Å². The van der Waals surface area contributed by atoms with Crippen molar-refractivity contribution in [1.82, 2.24) is 5.32 Å². The lowest BCUT2D eigenvalue weighted by Crippen LogP contribution is -2.71. The fourth-order valence-electron chi connectivity index (χ4n) is 3.55. The smallest absolute Gasteiger partial charge is 0.0684 e. The van der Waals surface area contributed by atoms with E-state index in [0.717, 1.165) is 6.61 Å². The summed E-state index contributed by atoms with van der Waals surface area (Å²) in [6.07, 6.45) is 2.86. The Bertz CT molecular complexity index is 265. The summed E-state index contributed by atoms with van der Waals surface area (Å²) in [6, 6.07) is 0.703. The fourth-order valence-corrected chi connectivity index (χ4v) is 3.55. The third-order valence-electron chi connectivity index (χ3n) is 4.73. The molecule has 0 amide bonds. The highest BCUT2D eigenvalue weighted by molar-refractivity contribution is 5.10. The van der Waals surface area contributed by atoms with Crippen molar-refractivity contribution in [3.8, 4) is 0 Å². The number of aliphatic hydroxyl groups excluding tert-OH is 1. The van der Waals surface area contributed by atoms with E-state index >= 15 is 0 Å². The molecule has 17 heavy (non-hydrogen) atoms. The predicted octanol–water partition coefficient (Wildman–Crippen LogP) is 1.80. The van der Waals surface area contributed by atoms with Crippen LogP contribution >= 0.6 is 0 Å². The molecule has 2 rings (SSSR count). The van der Waals surface area contributed by atoms with Gasteiger partial charge in [-0.15, -0.1) is 0 Å². The maximum absolute atomic E-state index is 9.44. The largest absolute Gasteiger partial charge is 0.395 e. The maximum atomic E-state index is 9.44. The predicted molar refractivity (Wildman–Crippen MR) is 68.9 cm³/mol. The van der Waals surface area contributed by atoms with Crippen LogP contribution in [0.15, 0.2) is 0 Å². The molecule has 0 aromatic carbocycles. The Hall–Kier alpha value is -0.120. The van der Waals surface area contributed by atoms with Gasteiger partial charge in [0.1, 0.15) is 0 Å². The lowest BCUT2D eigenvalue weighted by Gasteiger charge is -2.61. The molecule has 100 valence electrons. The van der Waals surface area contributed by atoms with E-state index in [0.29, 0.717) is 24.0 Å². The summed E-state index contributed by atoms with van der Waals surface area (Å²) in [5, 5.41) is 13.1. The molecule has 3 heteroatoms. The standard InChI is InChI=1S/C14H27NO2/c1-9(2)11(8-16)15-12-10-6-5-7-17-13(10)14(12,3)4/h9-13,15-16H,5-8H2,1-4H3/t10?,11-,12?,13?/m1/s1. The van der Waals surface area contributed by atoms with E-state index in [1.165, 1.54) is 12.8 Å². The maximum Gasteiger partial charge on any atom is 0.0684 e. The summed E-state index contributed by atoms with van der Waals surface area (Å²) < 4.78 is 5.90. The molecule has 4 atom stereocenters. The number of hydrogen-bond donors (Lipinski definition) is 2. The van der Waals surface area contributed by atoms with Crippen molar-refractivity contribution in [3.05, 3.63) is 0 Å². The first-order valence-corrected chi connectivity index (χ1v) is 6.97. The minimum atomic E-state index is 0.202. The number of ether oxygens (including phenoxy) is 1. The number of fused-ring (bicyclic) bond motifs is 1. The number of hydrogen-bond acceptors (Lipinski definition) is 3. The van der Waals surface area contributed by atoms with E-state index in [1.54, 1.807) is 0 Å². The molecule has 0 aromatic heterocycles. The van der Waals surface area contributed by atoms with Crippen LogP contribution in [-0.2, 0) is 4.74 Å². The van der Waals surface area contributed by atoms with E-state index in [9.17, 15) is 5.11 Å². The van der Waals surface area contributed by atoms with Crippen molar-refractivity contribution in [3.63, 3.8) is 0 Å². The van der Waals surface area contributed by atoms with E-state index in [-0.39, 0.29) is 18.1 Å². The second-order valence-electron chi connectivity index (χ2n) is 6.60. The molecule has 3 unspecified atom stereocenters. The van der Waals surface area contributed by atoms with Gasteiger partial charge in [0.25, 0.3) is 0 Å². The lowest BCUT2D eigenvalue weighted by atomic mass is 9.55. The van der Waals surface area contributed by atoms with Crippen LogP contribution in [0.2, 0.25) is 0 Å².